The molecule has 1 N–H and O–H groups in total. The van der Waals surface area contributed by atoms with Crippen molar-refractivity contribution in [2.24, 2.45) is 0 Å². The smallest absolute Gasteiger partial charge is 0.119 e. The molecular formula is C18H21NO. The van der Waals surface area contributed by atoms with Crippen LogP contribution < -0.4 is 10.1 Å². The van der Waals surface area contributed by atoms with Gasteiger partial charge in [0.05, 0.1) is 7.11 Å². The maximum Gasteiger partial charge on any atom is 0.119 e. The SMILES string of the molecule is COc1cccc(C2CC(Nc3cccc(C)c3)C2)c1. The first kappa shape index (κ1) is 13.0. The van der Waals surface area contributed by atoms with Crippen LogP contribution in [0.2, 0.25) is 0 Å². The van der Waals surface area contributed by atoms with Crippen molar-refractivity contribution in [3.8, 4) is 5.75 Å². The van der Waals surface area contributed by atoms with Crippen LogP contribution in [0.4, 0.5) is 5.69 Å². The number of hydrogen-bond donors (Lipinski definition) is 1. The highest BCUT2D eigenvalue weighted by molar-refractivity contribution is 5.47. The Bertz CT molecular complexity index is 587. The summed E-state index contributed by atoms with van der Waals surface area (Å²) in [7, 11) is 1.72. The molecule has 0 heterocycles. The third-order valence-electron chi connectivity index (χ3n) is 4.09. The van der Waals surface area contributed by atoms with E-state index >= 15 is 0 Å². The molecule has 2 aromatic carbocycles. The first-order valence-corrected chi connectivity index (χ1v) is 7.22. The zero-order valence-electron chi connectivity index (χ0n) is 12.1. The van der Waals surface area contributed by atoms with Crippen LogP contribution in [0.1, 0.15) is 29.9 Å². The zero-order chi connectivity index (χ0) is 13.9. The molecule has 0 spiro atoms. The molecule has 2 aromatic rings. The molecule has 1 aliphatic carbocycles. The molecule has 2 heteroatoms. The Morgan fingerprint density at radius 1 is 1.05 bits per heavy atom. The summed E-state index contributed by atoms with van der Waals surface area (Å²) in [6.07, 6.45) is 2.39. The van der Waals surface area contributed by atoms with Gasteiger partial charge in [-0.1, -0.05) is 24.3 Å². The van der Waals surface area contributed by atoms with Gasteiger partial charge in [0.1, 0.15) is 5.75 Å². The second-order valence-electron chi connectivity index (χ2n) is 5.66. The van der Waals surface area contributed by atoms with E-state index in [4.69, 9.17) is 4.74 Å². The number of anilines is 1. The summed E-state index contributed by atoms with van der Waals surface area (Å²) in [6.45, 7) is 2.13. The van der Waals surface area contributed by atoms with E-state index in [1.165, 1.54) is 29.7 Å². The second kappa shape index (κ2) is 5.58. The van der Waals surface area contributed by atoms with Gasteiger partial charge in [0.2, 0.25) is 0 Å². The summed E-state index contributed by atoms with van der Waals surface area (Å²) in [5, 5.41) is 3.62. The second-order valence-corrected chi connectivity index (χ2v) is 5.66. The van der Waals surface area contributed by atoms with Crippen molar-refractivity contribution >= 4 is 5.69 Å². The van der Waals surface area contributed by atoms with Gasteiger partial charge in [-0.25, -0.2) is 0 Å². The van der Waals surface area contributed by atoms with Gasteiger partial charge in [0, 0.05) is 11.7 Å². The fourth-order valence-electron chi connectivity index (χ4n) is 2.87. The van der Waals surface area contributed by atoms with E-state index in [9.17, 15) is 0 Å². The molecule has 20 heavy (non-hydrogen) atoms. The highest BCUT2D eigenvalue weighted by atomic mass is 16.5. The van der Waals surface area contributed by atoms with Crippen molar-refractivity contribution in [2.75, 3.05) is 12.4 Å². The molecule has 0 unspecified atom stereocenters. The quantitative estimate of drug-likeness (QED) is 0.888. The van der Waals surface area contributed by atoms with Gasteiger partial charge in [-0.05, 0) is 61.1 Å². The van der Waals surface area contributed by atoms with Crippen molar-refractivity contribution in [1.29, 1.82) is 0 Å². The van der Waals surface area contributed by atoms with Crippen molar-refractivity contribution in [2.45, 2.75) is 31.7 Å². The van der Waals surface area contributed by atoms with Gasteiger partial charge in [-0.3, -0.25) is 0 Å². The summed E-state index contributed by atoms with van der Waals surface area (Å²) in [6, 6.07) is 17.6. The molecule has 3 rings (SSSR count). The minimum absolute atomic E-state index is 0.591. The molecule has 0 aliphatic heterocycles. The highest BCUT2D eigenvalue weighted by Crippen LogP contribution is 2.39. The molecule has 0 bridgehead atoms. The average Bonchev–Trinajstić information content (AvgIpc) is 2.42. The Balaban J connectivity index is 1.58. The molecule has 0 atom stereocenters. The van der Waals surface area contributed by atoms with Gasteiger partial charge in [-0.2, -0.15) is 0 Å². The van der Waals surface area contributed by atoms with Crippen LogP contribution in [-0.4, -0.2) is 13.2 Å². The van der Waals surface area contributed by atoms with Crippen LogP contribution in [0, 0.1) is 6.92 Å². The third-order valence-corrected chi connectivity index (χ3v) is 4.09. The largest absolute Gasteiger partial charge is 0.497 e. The molecule has 0 radical (unpaired) electrons. The van der Waals surface area contributed by atoms with E-state index in [-0.39, 0.29) is 0 Å². The fraction of sp³-hybridized carbons (Fsp3) is 0.333. The van der Waals surface area contributed by atoms with Crippen molar-refractivity contribution in [3.63, 3.8) is 0 Å². The summed E-state index contributed by atoms with van der Waals surface area (Å²) < 4.78 is 5.29. The summed E-state index contributed by atoms with van der Waals surface area (Å²) in [4.78, 5) is 0. The normalized spacial score (nSPS) is 21.1. The molecule has 0 saturated heterocycles. The van der Waals surface area contributed by atoms with E-state index in [1.54, 1.807) is 7.11 Å². The summed E-state index contributed by atoms with van der Waals surface area (Å²) in [5.41, 5.74) is 3.93. The maximum atomic E-state index is 5.29. The van der Waals surface area contributed by atoms with Crippen LogP contribution >= 0.6 is 0 Å². The number of rotatable bonds is 4. The lowest BCUT2D eigenvalue weighted by Gasteiger charge is -2.37. The summed E-state index contributed by atoms with van der Waals surface area (Å²) in [5.74, 6) is 1.62. The van der Waals surface area contributed by atoms with E-state index in [1.807, 2.05) is 6.07 Å². The van der Waals surface area contributed by atoms with Crippen LogP contribution in [0.3, 0.4) is 0 Å². The number of hydrogen-bond acceptors (Lipinski definition) is 2. The van der Waals surface area contributed by atoms with Crippen LogP contribution in [0.15, 0.2) is 48.5 Å². The minimum atomic E-state index is 0.591. The Hall–Kier alpha value is -1.96. The standard InChI is InChI=1S/C18H21NO/c1-13-5-3-7-16(9-13)19-17-10-15(11-17)14-6-4-8-18(12-14)20-2/h3-9,12,15,17,19H,10-11H2,1-2H3. The Morgan fingerprint density at radius 2 is 1.85 bits per heavy atom. The van der Waals surface area contributed by atoms with Gasteiger partial charge in [0.15, 0.2) is 0 Å². The first-order chi connectivity index (χ1) is 9.74. The van der Waals surface area contributed by atoms with Gasteiger partial charge in [0.25, 0.3) is 0 Å². The predicted octanol–water partition coefficient (Wildman–Crippen LogP) is 4.36. The van der Waals surface area contributed by atoms with Crippen molar-refractivity contribution in [3.05, 3.63) is 59.7 Å². The molecule has 1 aliphatic rings. The van der Waals surface area contributed by atoms with Crippen LogP contribution in [-0.2, 0) is 0 Å². The van der Waals surface area contributed by atoms with E-state index < -0.39 is 0 Å². The highest BCUT2D eigenvalue weighted by Gasteiger charge is 2.30. The summed E-state index contributed by atoms with van der Waals surface area (Å²) >= 11 is 0. The Kier molecular flexibility index (Phi) is 3.64. The maximum absolute atomic E-state index is 5.29. The third kappa shape index (κ3) is 2.79. The minimum Gasteiger partial charge on any atom is -0.497 e. The number of ether oxygens (including phenoxy) is 1. The van der Waals surface area contributed by atoms with E-state index in [0.717, 1.165) is 5.75 Å². The Morgan fingerprint density at radius 3 is 2.60 bits per heavy atom. The molecule has 1 fully saturated rings. The topological polar surface area (TPSA) is 21.3 Å². The molecule has 0 amide bonds. The van der Waals surface area contributed by atoms with E-state index in [2.05, 4.69) is 54.7 Å². The van der Waals surface area contributed by atoms with Gasteiger partial charge >= 0.3 is 0 Å². The first-order valence-electron chi connectivity index (χ1n) is 7.22. The molecule has 2 nitrogen and oxygen atoms in total. The number of aryl methyl sites for hydroxylation is 1. The molecule has 1 saturated carbocycles. The number of nitrogens with one attached hydrogen (secondary N) is 1. The fourth-order valence-corrected chi connectivity index (χ4v) is 2.87. The van der Waals surface area contributed by atoms with Gasteiger partial charge in [-0.15, -0.1) is 0 Å². The molecular weight excluding hydrogens is 246 g/mol. The number of methoxy groups -OCH3 is 1. The van der Waals surface area contributed by atoms with Gasteiger partial charge < -0.3 is 10.1 Å². The predicted molar refractivity (Wildman–Crippen MR) is 83.6 cm³/mol. The number of benzene rings is 2. The average molecular weight is 267 g/mol. The molecule has 0 aromatic heterocycles. The lowest BCUT2D eigenvalue weighted by Crippen LogP contribution is -2.33. The zero-order valence-corrected chi connectivity index (χ0v) is 12.1. The lowest BCUT2D eigenvalue weighted by atomic mass is 9.75. The van der Waals surface area contributed by atoms with Crippen LogP contribution in [0.25, 0.3) is 0 Å². The van der Waals surface area contributed by atoms with Crippen LogP contribution in [0.5, 0.6) is 5.75 Å². The lowest BCUT2D eigenvalue weighted by molar-refractivity contribution is 0.370. The van der Waals surface area contributed by atoms with Crippen molar-refractivity contribution < 1.29 is 4.74 Å². The van der Waals surface area contributed by atoms with E-state index in [0.29, 0.717) is 12.0 Å². The Labute approximate surface area is 120 Å². The van der Waals surface area contributed by atoms with Crippen molar-refractivity contribution in [1.82, 2.24) is 0 Å². The molecule has 104 valence electrons. The monoisotopic (exact) mass is 267 g/mol.